The molecule has 0 aliphatic rings. The van der Waals surface area contributed by atoms with Gasteiger partial charge in [0.1, 0.15) is 11.6 Å². The zero-order chi connectivity index (χ0) is 13.8. The first kappa shape index (κ1) is 14.0. The number of benzene rings is 2. The molecular formula is C15H15BrFNO. The van der Waals surface area contributed by atoms with E-state index in [-0.39, 0.29) is 11.9 Å². The molecule has 2 nitrogen and oxygen atoms in total. The van der Waals surface area contributed by atoms with Crippen molar-refractivity contribution in [3.05, 3.63) is 63.9 Å². The fourth-order valence-electron chi connectivity index (χ4n) is 2.12. The van der Waals surface area contributed by atoms with Crippen molar-refractivity contribution < 1.29 is 9.13 Å². The van der Waals surface area contributed by atoms with Crippen LogP contribution < -0.4 is 10.1 Å². The summed E-state index contributed by atoms with van der Waals surface area (Å²) in [6, 6.07) is 12.3. The van der Waals surface area contributed by atoms with Crippen LogP contribution in [0.2, 0.25) is 0 Å². The Kier molecular flexibility index (Phi) is 4.56. The molecule has 0 heterocycles. The van der Waals surface area contributed by atoms with Crippen molar-refractivity contribution in [2.75, 3.05) is 14.2 Å². The molecule has 0 amide bonds. The maximum atomic E-state index is 13.5. The Morgan fingerprint density at radius 2 is 1.89 bits per heavy atom. The molecule has 1 N–H and O–H groups in total. The molecule has 0 saturated heterocycles. The van der Waals surface area contributed by atoms with Crippen LogP contribution in [-0.2, 0) is 0 Å². The van der Waals surface area contributed by atoms with E-state index in [9.17, 15) is 4.39 Å². The van der Waals surface area contributed by atoms with Crippen molar-refractivity contribution in [3.8, 4) is 5.75 Å². The summed E-state index contributed by atoms with van der Waals surface area (Å²) in [6.07, 6.45) is 0. The fourth-order valence-corrected chi connectivity index (χ4v) is 2.63. The van der Waals surface area contributed by atoms with Crippen LogP contribution in [-0.4, -0.2) is 14.2 Å². The summed E-state index contributed by atoms with van der Waals surface area (Å²) in [5, 5.41) is 3.20. The molecule has 2 rings (SSSR count). The standard InChI is InChI=1S/C15H15BrFNO/c1-18-15(11-5-3-4-6-13(11)16)12-9-10(17)7-8-14(12)19-2/h3-9,15,18H,1-2H3. The van der Waals surface area contributed by atoms with Gasteiger partial charge in [-0.05, 0) is 36.9 Å². The lowest BCUT2D eigenvalue weighted by atomic mass is 9.98. The van der Waals surface area contributed by atoms with Gasteiger partial charge in [-0.25, -0.2) is 4.39 Å². The smallest absolute Gasteiger partial charge is 0.124 e. The average Bonchev–Trinajstić information content (AvgIpc) is 2.42. The van der Waals surface area contributed by atoms with Crippen molar-refractivity contribution in [2.45, 2.75) is 6.04 Å². The van der Waals surface area contributed by atoms with Gasteiger partial charge < -0.3 is 10.1 Å². The second-order valence-corrected chi connectivity index (χ2v) is 4.98. The van der Waals surface area contributed by atoms with Gasteiger partial charge in [0.25, 0.3) is 0 Å². The highest BCUT2D eigenvalue weighted by Gasteiger charge is 2.19. The van der Waals surface area contributed by atoms with Crippen molar-refractivity contribution >= 4 is 15.9 Å². The third kappa shape index (κ3) is 2.96. The number of hydrogen-bond acceptors (Lipinski definition) is 2. The van der Waals surface area contributed by atoms with E-state index in [1.54, 1.807) is 13.2 Å². The molecule has 0 aromatic heterocycles. The van der Waals surface area contributed by atoms with Crippen LogP contribution in [0.25, 0.3) is 0 Å². The number of methoxy groups -OCH3 is 1. The second kappa shape index (κ2) is 6.17. The summed E-state index contributed by atoms with van der Waals surface area (Å²) < 4.78 is 19.8. The summed E-state index contributed by atoms with van der Waals surface area (Å²) >= 11 is 3.53. The number of halogens is 2. The monoisotopic (exact) mass is 323 g/mol. The van der Waals surface area contributed by atoms with Crippen molar-refractivity contribution in [3.63, 3.8) is 0 Å². The number of nitrogens with one attached hydrogen (secondary N) is 1. The van der Waals surface area contributed by atoms with E-state index in [0.717, 1.165) is 15.6 Å². The third-order valence-electron chi connectivity index (χ3n) is 3.01. The zero-order valence-electron chi connectivity index (χ0n) is 10.8. The molecule has 0 spiro atoms. The Balaban J connectivity index is 2.54. The van der Waals surface area contributed by atoms with Crippen LogP contribution >= 0.6 is 15.9 Å². The van der Waals surface area contributed by atoms with E-state index < -0.39 is 0 Å². The van der Waals surface area contributed by atoms with Gasteiger partial charge in [-0.15, -0.1) is 0 Å². The number of hydrogen-bond donors (Lipinski definition) is 1. The largest absolute Gasteiger partial charge is 0.496 e. The summed E-state index contributed by atoms with van der Waals surface area (Å²) in [5.41, 5.74) is 1.81. The van der Waals surface area contributed by atoms with Crippen LogP contribution in [0.4, 0.5) is 4.39 Å². The highest BCUT2D eigenvalue weighted by molar-refractivity contribution is 9.10. The molecule has 4 heteroatoms. The van der Waals surface area contributed by atoms with E-state index in [4.69, 9.17) is 4.74 Å². The Hall–Kier alpha value is -1.39. The maximum absolute atomic E-state index is 13.5. The van der Waals surface area contributed by atoms with Gasteiger partial charge in [0, 0.05) is 10.0 Å². The lowest BCUT2D eigenvalue weighted by molar-refractivity contribution is 0.404. The normalized spacial score (nSPS) is 12.2. The maximum Gasteiger partial charge on any atom is 0.124 e. The third-order valence-corrected chi connectivity index (χ3v) is 3.73. The molecule has 0 saturated carbocycles. The first-order valence-corrected chi connectivity index (χ1v) is 6.71. The van der Waals surface area contributed by atoms with Gasteiger partial charge in [-0.2, -0.15) is 0 Å². The van der Waals surface area contributed by atoms with Gasteiger partial charge in [0.15, 0.2) is 0 Å². The summed E-state index contributed by atoms with van der Waals surface area (Å²) in [7, 11) is 3.43. The van der Waals surface area contributed by atoms with E-state index >= 15 is 0 Å². The molecule has 0 aliphatic heterocycles. The molecule has 1 atom stereocenters. The van der Waals surface area contributed by atoms with Gasteiger partial charge in [0.2, 0.25) is 0 Å². The average molecular weight is 324 g/mol. The minimum Gasteiger partial charge on any atom is -0.496 e. The quantitative estimate of drug-likeness (QED) is 0.921. The molecule has 0 bridgehead atoms. The molecule has 100 valence electrons. The topological polar surface area (TPSA) is 21.3 Å². The van der Waals surface area contributed by atoms with Crippen LogP contribution in [0.15, 0.2) is 46.9 Å². The highest BCUT2D eigenvalue weighted by Crippen LogP contribution is 2.33. The van der Waals surface area contributed by atoms with E-state index in [1.165, 1.54) is 12.1 Å². The van der Waals surface area contributed by atoms with Crippen molar-refractivity contribution in [1.82, 2.24) is 5.32 Å². The molecule has 0 aliphatic carbocycles. The van der Waals surface area contributed by atoms with Crippen LogP contribution in [0.5, 0.6) is 5.75 Å². The molecule has 1 unspecified atom stereocenters. The molecule has 0 fully saturated rings. The summed E-state index contributed by atoms with van der Waals surface area (Å²) in [6.45, 7) is 0. The lowest BCUT2D eigenvalue weighted by Crippen LogP contribution is -2.19. The minimum atomic E-state index is -0.275. The fraction of sp³-hybridized carbons (Fsp3) is 0.200. The van der Waals surface area contributed by atoms with E-state index in [1.807, 2.05) is 31.3 Å². The number of rotatable bonds is 4. The Bertz CT molecular complexity index is 574. The Labute approximate surface area is 120 Å². The zero-order valence-corrected chi connectivity index (χ0v) is 12.4. The van der Waals surface area contributed by atoms with Gasteiger partial charge in [0.05, 0.1) is 13.2 Å². The SMILES string of the molecule is CNC(c1ccccc1Br)c1cc(F)ccc1OC. The van der Waals surface area contributed by atoms with Crippen LogP contribution in [0, 0.1) is 5.82 Å². The highest BCUT2D eigenvalue weighted by atomic mass is 79.9. The van der Waals surface area contributed by atoms with Crippen LogP contribution in [0.1, 0.15) is 17.2 Å². The minimum absolute atomic E-state index is 0.138. The Morgan fingerprint density at radius 1 is 1.16 bits per heavy atom. The lowest BCUT2D eigenvalue weighted by Gasteiger charge is -2.21. The summed E-state index contributed by atoms with van der Waals surface area (Å²) in [4.78, 5) is 0. The predicted octanol–water partition coefficient (Wildman–Crippen LogP) is 3.91. The molecule has 19 heavy (non-hydrogen) atoms. The van der Waals surface area contributed by atoms with Crippen molar-refractivity contribution in [1.29, 1.82) is 0 Å². The van der Waals surface area contributed by atoms with Gasteiger partial charge in [-0.1, -0.05) is 34.1 Å². The van der Waals surface area contributed by atoms with Gasteiger partial charge in [-0.3, -0.25) is 0 Å². The predicted molar refractivity (Wildman–Crippen MR) is 78.0 cm³/mol. The van der Waals surface area contributed by atoms with Crippen molar-refractivity contribution in [2.24, 2.45) is 0 Å². The first-order valence-electron chi connectivity index (χ1n) is 5.92. The molecule has 2 aromatic carbocycles. The van der Waals surface area contributed by atoms with Gasteiger partial charge >= 0.3 is 0 Å². The second-order valence-electron chi connectivity index (χ2n) is 4.13. The first-order chi connectivity index (χ1) is 9.17. The molecular weight excluding hydrogens is 309 g/mol. The molecule has 2 aromatic rings. The van der Waals surface area contributed by atoms with E-state index in [2.05, 4.69) is 21.2 Å². The number of ether oxygens (including phenoxy) is 1. The Morgan fingerprint density at radius 3 is 2.53 bits per heavy atom. The van der Waals surface area contributed by atoms with E-state index in [0.29, 0.717) is 5.75 Å². The summed E-state index contributed by atoms with van der Waals surface area (Å²) in [5.74, 6) is 0.389. The molecule has 0 radical (unpaired) electrons. The van der Waals surface area contributed by atoms with Crippen LogP contribution in [0.3, 0.4) is 0 Å².